The van der Waals surface area contributed by atoms with E-state index in [9.17, 15) is 0 Å². The Morgan fingerprint density at radius 2 is 1.96 bits per heavy atom. The first-order chi connectivity index (χ1) is 12.2. The Balaban J connectivity index is 2.25. The molecule has 138 valence electrons. The molecule has 0 aliphatic rings. The number of ether oxygens (including phenoxy) is 1. The minimum atomic E-state index is -1.61. The summed E-state index contributed by atoms with van der Waals surface area (Å²) in [6, 6.07) is 8.42. The van der Waals surface area contributed by atoms with Crippen LogP contribution in [-0.4, -0.2) is 24.1 Å². The van der Waals surface area contributed by atoms with E-state index in [4.69, 9.17) is 10.5 Å². The summed E-state index contributed by atoms with van der Waals surface area (Å²) in [6.07, 6.45) is 2.95. The number of aromatic nitrogens is 2. The molecule has 0 saturated heterocycles. The van der Waals surface area contributed by atoms with Crippen LogP contribution in [0.1, 0.15) is 25.8 Å². The quantitative estimate of drug-likeness (QED) is 0.501. The highest BCUT2D eigenvalue weighted by Crippen LogP contribution is 2.32. The van der Waals surface area contributed by atoms with Crippen LogP contribution in [0.4, 0.5) is 5.69 Å². The van der Waals surface area contributed by atoms with E-state index in [2.05, 4.69) is 67.7 Å². The molecule has 0 aliphatic carbocycles. The maximum atomic E-state index is 6.20. The number of hydrogen-bond acceptors (Lipinski definition) is 3. The number of aryl methyl sites for hydroxylation is 1. The van der Waals surface area contributed by atoms with Gasteiger partial charge in [-0.3, -0.25) is 0 Å². The largest absolute Gasteiger partial charge is 0.489 e. The number of pyridine rings is 1. The molecule has 0 spiro atoms. The average Bonchev–Trinajstić information content (AvgIpc) is 2.96. The van der Waals surface area contributed by atoms with Crippen LogP contribution in [-0.2, 0) is 0 Å². The van der Waals surface area contributed by atoms with Crippen LogP contribution in [0.15, 0.2) is 30.5 Å². The predicted molar refractivity (Wildman–Crippen MR) is 114 cm³/mol. The summed E-state index contributed by atoms with van der Waals surface area (Å²) in [7, 11) is -1.61. The minimum absolute atomic E-state index is 0.170. The monoisotopic (exact) mass is 367 g/mol. The number of nitrogens with one attached hydrogen (secondary N) is 1. The van der Waals surface area contributed by atoms with E-state index < -0.39 is 8.07 Å². The number of anilines is 1. The fourth-order valence-electron chi connectivity index (χ4n) is 3.09. The van der Waals surface area contributed by atoms with E-state index in [1.807, 2.05) is 13.1 Å². The smallest absolute Gasteiger partial charge is 0.138 e. The summed E-state index contributed by atoms with van der Waals surface area (Å²) in [6.45, 7) is 13.3. The number of nitrogens with two attached hydrogens (primary N) is 1. The van der Waals surface area contributed by atoms with Crippen molar-refractivity contribution in [2.45, 2.75) is 52.9 Å². The fourth-order valence-corrected chi connectivity index (χ4v) is 4.61. The molecule has 3 N–H and O–H groups in total. The van der Waals surface area contributed by atoms with Gasteiger partial charge in [-0.15, -0.1) is 0 Å². The maximum Gasteiger partial charge on any atom is 0.138 e. The molecule has 0 unspecified atom stereocenters. The topological polar surface area (TPSA) is 63.9 Å². The minimum Gasteiger partial charge on any atom is -0.489 e. The van der Waals surface area contributed by atoms with Gasteiger partial charge < -0.3 is 15.5 Å². The molecule has 0 aliphatic heterocycles. The first-order valence-corrected chi connectivity index (χ1v) is 12.8. The lowest BCUT2D eigenvalue weighted by Crippen LogP contribution is -2.39. The Bertz CT molecular complexity index is 940. The van der Waals surface area contributed by atoms with Crippen molar-refractivity contribution in [2.75, 3.05) is 5.73 Å². The van der Waals surface area contributed by atoms with Gasteiger partial charge in [-0.2, -0.15) is 0 Å². The fraction of sp³-hybridized carbons (Fsp3) is 0.381. The molecule has 2 heterocycles. The number of rotatable bonds is 5. The van der Waals surface area contributed by atoms with Gasteiger partial charge >= 0.3 is 0 Å². The van der Waals surface area contributed by atoms with Crippen molar-refractivity contribution in [3.8, 4) is 16.9 Å². The number of H-pyrrole nitrogens is 1. The highest BCUT2D eigenvalue weighted by molar-refractivity contribution is 6.89. The number of nitrogen functional groups attached to an aromatic ring is 1. The summed E-state index contributed by atoms with van der Waals surface area (Å²) in [5.41, 5.74) is 11.4. The van der Waals surface area contributed by atoms with Crippen molar-refractivity contribution in [2.24, 2.45) is 0 Å². The summed E-state index contributed by atoms with van der Waals surface area (Å²) in [5.74, 6) is 0.814. The average molecular weight is 368 g/mol. The van der Waals surface area contributed by atoms with Crippen molar-refractivity contribution in [3.05, 3.63) is 36.0 Å². The molecule has 0 fully saturated rings. The Morgan fingerprint density at radius 3 is 2.58 bits per heavy atom. The normalized spacial score (nSPS) is 13.2. The molecule has 3 rings (SSSR count). The molecular weight excluding hydrogens is 338 g/mol. The van der Waals surface area contributed by atoms with Crippen LogP contribution in [0, 0.1) is 6.92 Å². The number of hydrogen-bond donors (Lipinski definition) is 2. The van der Waals surface area contributed by atoms with E-state index >= 15 is 0 Å². The molecule has 0 amide bonds. The second-order valence-corrected chi connectivity index (χ2v) is 13.1. The van der Waals surface area contributed by atoms with Crippen molar-refractivity contribution in [1.29, 1.82) is 0 Å². The van der Waals surface area contributed by atoms with Crippen LogP contribution in [0.25, 0.3) is 22.2 Å². The van der Waals surface area contributed by atoms with Gasteiger partial charge in [0.1, 0.15) is 11.4 Å². The molecule has 5 heteroatoms. The summed E-state index contributed by atoms with van der Waals surface area (Å²) >= 11 is 0. The number of benzene rings is 1. The molecule has 4 nitrogen and oxygen atoms in total. The third-order valence-corrected chi connectivity index (χ3v) is 6.73. The molecule has 0 radical (unpaired) electrons. The third kappa shape index (κ3) is 3.49. The second-order valence-electron chi connectivity index (χ2n) is 8.10. The van der Waals surface area contributed by atoms with E-state index in [0.717, 1.165) is 40.0 Å². The van der Waals surface area contributed by atoms with Crippen molar-refractivity contribution in [3.63, 3.8) is 0 Å². The molecule has 0 bridgehead atoms. The van der Waals surface area contributed by atoms with Gasteiger partial charge in [0, 0.05) is 22.0 Å². The number of fused-ring (bicyclic) bond motifs is 1. The second kappa shape index (κ2) is 6.80. The molecule has 1 aromatic carbocycles. The van der Waals surface area contributed by atoms with Crippen molar-refractivity contribution in [1.82, 2.24) is 9.97 Å². The van der Waals surface area contributed by atoms with Crippen molar-refractivity contribution >= 4 is 30.1 Å². The van der Waals surface area contributed by atoms with Crippen LogP contribution >= 0.6 is 0 Å². The van der Waals surface area contributed by atoms with E-state index in [0.29, 0.717) is 0 Å². The Morgan fingerprint density at radius 1 is 1.23 bits per heavy atom. The maximum absolute atomic E-state index is 6.20. The van der Waals surface area contributed by atoms with Crippen LogP contribution in [0.5, 0.6) is 5.75 Å². The molecule has 2 aromatic heterocycles. The van der Waals surface area contributed by atoms with E-state index in [-0.39, 0.29) is 6.10 Å². The van der Waals surface area contributed by atoms with Crippen LogP contribution in [0.2, 0.25) is 19.6 Å². The van der Waals surface area contributed by atoms with Crippen LogP contribution < -0.4 is 15.8 Å². The third-order valence-electron chi connectivity index (χ3n) is 4.86. The first kappa shape index (κ1) is 18.5. The molecule has 0 saturated carbocycles. The lowest BCUT2D eigenvalue weighted by atomic mass is 10.0. The Labute approximate surface area is 156 Å². The van der Waals surface area contributed by atoms with E-state index in [1.54, 1.807) is 0 Å². The van der Waals surface area contributed by atoms with Gasteiger partial charge in [0.15, 0.2) is 0 Å². The van der Waals surface area contributed by atoms with Gasteiger partial charge in [-0.25, -0.2) is 4.98 Å². The lowest BCUT2D eigenvalue weighted by Gasteiger charge is -2.18. The van der Waals surface area contributed by atoms with Crippen LogP contribution in [0.3, 0.4) is 0 Å². The number of aromatic amines is 1. The van der Waals surface area contributed by atoms with Gasteiger partial charge in [0.05, 0.1) is 20.4 Å². The molecular formula is C21H29N3OSi. The zero-order valence-corrected chi connectivity index (χ0v) is 17.6. The lowest BCUT2D eigenvalue weighted by molar-refractivity contribution is 0.217. The standard InChI is InChI=1S/C21H29N3OSi/c1-7-14(3)25-16-11-17-19(15-9-8-13(2)18(22)10-15)21(26(4,5)6)24-20(17)23-12-16/h8-12,14H,7,22H2,1-6H3,(H,23,24)/t14-/m0/s1. The zero-order chi connectivity index (χ0) is 19.1. The summed E-state index contributed by atoms with van der Waals surface area (Å²) in [5, 5.41) is 2.40. The first-order valence-electron chi connectivity index (χ1n) is 9.26. The zero-order valence-electron chi connectivity index (χ0n) is 16.6. The predicted octanol–water partition coefficient (Wildman–Crippen LogP) is 4.84. The van der Waals surface area contributed by atoms with Crippen molar-refractivity contribution < 1.29 is 4.74 Å². The summed E-state index contributed by atoms with van der Waals surface area (Å²) < 4.78 is 6.01. The van der Waals surface area contributed by atoms with E-state index in [1.165, 1.54) is 10.9 Å². The Hall–Kier alpha value is -2.27. The van der Waals surface area contributed by atoms with Gasteiger partial charge in [0.25, 0.3) is 0 Å². The highest BCUT2D eigenvalue weighted by atomic mass is 28.3. The number of nitrogens with zero attached hydrogens (tertiary/aromatic N) is 1. The highest BCUT2D eigenvalue weighted by Gasteiger charge is 2.26. The van der Waals surface area contributed by atoms with Gasteiger partial charge in [-0.05, 0) is 43.5 Å². The summed E-state index contributed by atoms with van der Waals surface area (Å²) in [4.78, 5) is 8.22. The molecule has 26 heavy (non-hydrogen) atoms. The molecule has 3 aromatic rings. The van der Waals surface area contributed by atoms with Gasteiger partial charge in [0.2, 0.25) is 0 Å². The SMILES string of the molecule is CC[C@H](C)Oc1cnc2[nH]c([Si](C)(C)C)c(-c3ccc(C)c(N)c3)c2c1. The Kier molecular flexibility index (Phi) is 4.84. The van der Waals surface area contributed by atoms with Gasteiger partial charge in [-0.1, -0.05) is 38.7 Å². The molecule has 1 atom stereocenters.